The van der Waals surface area contributed by atoms with E-state index in [-0.39, 0.29) is 0 Å². The lowest BCUT2D eigenvalue weighted by Crippen LogP contribution is -2.23. The van der Waals surface area contributed by atoms with Gasteiger partial charge in [0.2, 0.25) is 10.0 Å². The van der Waals surface area contributed by atoms with Gasteiger partial charge in [0, 0.05) is 0 Å². The predicted octanol–water partition coefficient (Wildman–Crippen LogP) is 2.45. The molecule has 0 aliphatic carbocycles. The first-order valence-electron chi connectivity index (χ1n) is 4.92. The van der Waals surface area contributed by atoms with Crippen molar-refractivity contribution in [1.29, 1.82) is 0 Å². The minimum Gasteiger partial charge on any atom is -0.283 e. The molecule has 15 heavy (non-hydrogen) atoms. The maximum atomic E-state index is 11.7. The van der Waals surface area contributed by atoms with Gasteiger partial charge in [-0.05, 0) is 38.8 Å². The Morgan fingerprint density at radius 2 is 1.60 bits per heavy atom. The summed E-state index contributed by atoms with van der Waals surface area (Å²) in [7, 11) is -3.25. The average molecular weight is 227 g/mol. The fourth-order valence-corrected chi connectivity index (χ4v) is 2.08. The molecular formula is C11H17NO2S. The molecule has 0 aromatic heterocycles. The molecule has 0 bridgehead atoms. The second-order valence-corrected chi connectivity index (χ2v) is 6.20. The third-order valence-electron chi connectivity index (χ3n) is 2.35. The van der Waals surface area contributed by atoms with Crippen LogP contribution in [-0.2, 0) is 10.0 Å². The van der Waals surface area contributed by atoms with Crippen molar-refractivity contribution < 1.29 is 8.42 Å². The van der Waals surface area contributed by atoms with E-state index in [4.69, 9.17) is 0 Å². The summed E-state index contributed by atoms with van der Waals surface area (Å²) in [5.41, 5.74) is 2.59. The Balaban J connectivity index is 3.11. The molecule has 0 fully saturated rings. The van der Waals surface area contributed by atoms with Gasteiger partial charge >= 0.3 is 0 Å². The number of nitrogens with one attached hydrogen (secondary N) is 1. The van der Waals surface area contributed by atoms with Crippen molar-refractivity contribution in [2.45, 2.75) is 32.9 Å². The van der Waals surface area contributed by atoms with Crippen LogP contribution in [0.5, 0.6) is 0 Å². The van der Waals surface area contributed by atoms with Crippen molar-refractivity contribution in [2.24, 2.45) is 0 Å². The van der Waals surface area contributed by atoms with Crippen molar-refractivity contribution in [3.8, 4) is 0 Å². The number of anilines is 1. The van der Waals surface area contributed by atoms with Gasteiger partial charge < -0.3 is 0 Å². The Kier molecular flexibility index (Phi) is 3.39. The van der Waals surface area contributed by atoms with Crippen LogP contribution in [0.3, 0.4) is 0 Å². The maximum absolute atomic E-state index is 11.7. The first-order valence-corrected chi connectivity index (χ1v) is 6.47. The SMILES string of the molecule is Cc1cccc(C)c1NS(=O)(=O)C(C)C. The van der Waals surface area contributed by atoms with Crippen molar-refractivity contribution in [3.63, 3.8) is 0 Å². The Labute approximate surface area is 91.6 Å². The third kappa shape index (κ3) is 2.72. The minimum absolute atomic E-state index is 0.420. The molecule has 1 rings (SSSR count). The number of benzene rings is 1. The van der Waals surface area contributed by atoms with E-state index in [0.29, 0.717) is 5.69 Å². The summed E-state index contributed by atoms with van der Waals surface area (Å²) in [6.45, 7) is 7.11. The summed E-state index contributed by atoms with van der Waals surface area (Å²) in [5, 5.41) is -0.420. The number of hydrogen-bond donors (Lipinski definition) is 1. The van der Waals surface area contributed by atoms with Crippen molar-refractivity contribution in [2.75, 3.05) is 4.72 Å². The van der Waals surface area contributed by atoms with E-state index in [9.17, 15) is 8.42 Å². The van der Waals surface area contributed by atoms with Crippen molar-refractivity contribution in [3.05, 3.63) is 29.3 Å². The molecule has 3 nitrogen and oxygen atoms in total. The number of hydrogen-bond acceptors (Lipinski definition) is 2. The zero-order chi connectivity index (χ0) is 11.6. The standard InChI is InChI=1S/C11H17NO2S/c1-8(2)15(13,14)12-11-9(3)6-5-7-10(11)4/h5-8,12H,1-4H3. The van der Waals surface area contributed by atoms with Crippen molar-refractivity contribution in [1.82, 2.24) is 0 Å². The van der Waals surface area contributed by atoms with Crippen LogP contribution in [0, 0.1) is 13.8 Å². The zero-order valence-corrected chi connectivity index (χ0v) is 10.4. The number of rotatable bonds is 3. The van der Waals surface area contributed by atoms with E-state index >= 15 is 0 Å². The maximum Gasteiger partial charge on any atom is 0.235 e. The van der Waals surface area contributed by atoms with E-state index in [1.165, 1.54) is 0 Å². The normalized spacial score (nSPS) is 11.8. The summed E-state index contributed by atoms with van der Waals surface area (Å²) in [4.78, 5) is 0. The van der Waals surface area contributed by atoms with Gasteiger partial charge in [-0.1, -0.05) is 18.2 Å². The monoisotopic (exact) mass is 227 g/mol. The molecule has 0 aliphatic heterocycles. The van der Waals surface area contributed by atoms with Crippen LogP contribution in [0.1, 0.15) is 25.0 Å². The van der Waals surface area contributed by atoms with Gasteiger partial charge in [0.1, 0.15) is 0 Å². The highest BCUT2D eigenvalue weighted by Crippen LogP contribution is 2.21. The average Bonchev–Trinajstić information content (AvgIpc) is 2.11. The van der Waals surface area contributed by atoms with E-state index in [1.54, 1.807) is 13.8 Å². The Bertz CT molecular complexity index is 429. The van der Waals surface area contributed by atoms with Crippen LogP contribution in [0.25, 0.3) is 0 Å². The van der Waals surface area contributed by atoms with Crippen LogP contribution >= 0.6 is 0 Å². The molecule has 1 N–H and O–H groups in total. The lowest BCUT2D eigenvalue weighted by atomic mass is 10.1. The molecule has 0 radical (unpaired) electrons. The first kappa shape index (κ1) is 12.0. The molecule has 0 amide bonds. The van der Waals surface area contributed by atoms with Gasteiger partial charge in [-0.25, -0.2) is 8.42 Å². The fourth-order valence-electron chi connectivity index (χ4n) is 1.24. The zero-order valence-electron chi connectivity index (χ0n) is 9.53. The molecule has 84 valence electrons. The Morgan fingerprint density at radius 1 is 1.13 bits per heavy atom. The molecule has 4 heteroatoms. The molecule has 1 aromatic carbocycles. The highest BCUT2D eigenvalue weighted by Gasteiger charge is 2.17. The van der Waals surface area contributed by atoms with Crippen LogP contribution in [0.15, 0.2) is 18.2 Å². The fraction of sp³-hybridized carbons (Fsp3) is 0.455. The van der Waals surface area contributed by atoms with Crippen LogP contribution in [0.2, 0.25) is 0 Å². The highest BCUT2D eigenvalue weighted by molar-refractivity contribution is 7.93. The van der Waals surface area contributed by atoms with Crippen LogP contribution in [0.4, 0.5) is 5.69 Å². The molecule has 0 unspecified atom stereocenters. The third-order valence-corrected chi connectivity index (χ3v) is 4.08. The smallest absolute Gasteiger partial charge is 0.235 e. The van der Waals surface area contributed by atoms with Crippen molar-refractivity contribution >= 4 is 15.7 Å². The van der Waals surface area contributed by atoms with Gasteiger partial charge in [-0.3, -0.25) is 4.72 Å². The number of aryl methyl sites for hydroxylation is 2. The summed E-state index contributed by atoms with van der Waals surface area (Å²) in [6.07, 6.45) is 0. The second-order valence-electron chi connectivity index (χ2n) is 3.96. The molecule has 0 aliphatic rings. The Morgan fingerprint density at radius 3 is 2.00 bits per heavy atom. The molecule has 0 saturated carbocycles. The summed E-state index contributed by atoms with van der Waals surface area (Å²) in [6, 6.07) is 5.70. The molecular weight excluding hydrogens is 210 g/mol. The summed E-state index contributed by atoms with van der Waals surface area (Å²) in [5.74, 6) is 0. The molecule has 1 aromatic rings. The van der Waals surface area contributed by atoms with Gasteiger partial charge in [-0.15, -0.1) is 0 Å². The quantitative estimate of drug-likeness (QED) is 0.862. The van der Waals surface area contributed by atoms with Gasteiger partial charge in [0.25, 0.3) is 0 Å². The molecule has 0 atom stereocenters. The largest absolute Gasteiger partial charge is 0.283 e. The second kappa shape index (κ2) is 4.23. The lowest BCUT2D eigenvalue weighted by Gasteiger charge is -2.14. The molecule has 0 heterocycles. The lowest BCUT2D eigenvalue weighted by molar-refractivity contribution is 0.592. The molecule has 0 spiro atoms. The Hall–Kier alpha value is -1.03. The molecule has 0 saturated heterocycles. The van der Waals surface area contributed by atoms with Gasteiger partial charge in [0.15, 0.2) is 0 Å². The van der Waals surface area contributed by atoms with Gasteiger partial charge in [0.05, 0.1) is 10.9 Å². The van der Waals surface area contributed by atoms with Gasteiger partial charge in [-0.2, -0.15) is 0 Å². The van der Waals surface area contributed by atoms with Crippen LogP contribution in [-0.4, -0.2) is 13.7 Å². The minimum atomic E-state index is -3.25. The summed E-state index contributed by atoms with van der Waals surface area (Å²) < 4.78 is 26.0. The number of sulfonamides is 1. The van der Waals surface area contributed by atoms with E-state index < -0.39 is 15.3 Å². The first-order chi connectivity index (χ1) is 6.84. The van der Waals surface area contributed by atoms with E-state index in [1.807, 2.05) is 32.0 Å². The topological polar surface area (TPSA) is 46.2 Å². The summed E-state index contributed by atoms with van der Waals surface area (Å²) >= 11 is 0. The highest BCUT2D eigenvalue weighted by atomic mass is 32.2. The predicted molar refractivity (Wildman–Crippen MR) is 63.6 cm³/mol. The number of para-hydroxylation sites is 1. The van der Waals surface area contributed by atoms with E-state index in [2.05, 4.69) is 4.72 Å². The van der Waals surface area contributed by atoms with E-state index in [0.717, 1.165) is 11.1 Å². The van der Waals surface area contributed by atoms with Crippen LogP contribution < -0.4 is 4.72 Å².